The third-order valence-corrected chi connectivity index (χ3v) is 3.85. The van der Waals surface area contributed by atoms with Gasteiger partial charge in [0.05, 0.1) is 10.0 Å². The van der Waals surface area contributed by atoms with Gasteiger partial charge >= 0.3 is 5.97 Å². The van der Waals surface area contributed by atoms with E-state index in [2.05, 4.69) is 0 Å². The first-order valence-electron chi connectivity index (χ1n) is 7.15. The van der Waals surface area contributed by atoms with Gasteiger partial charge in [-0.05, 0) is 29.8 Å². The van der Waals surface area contributed by atoms with Crippen LogP contribution in [0.5, 0.6) is 11.5 Å². The fraction of sp³-hybridized carbons (Fsp3) is 0.235. The number of aliphatic carboxylic acids is 1. The van der Waals surface area contributed by atoms with E-state index >= 15 is 0 Å². The van der Waals surface area contributed by atoms with Crippen LogP contribution in [0.15, 0.2) is 36.4 Å². The molecule has 1 unspecified atom stereocenters. The van der Waals surface area contributed by atoms with Crippen LogP contribution in [0.1, 0.15) is 17.2 Å². The highest BCUT2D eigenvalue weighted by molar-refractivity contribution is 6.36. The molecule has 8 heteroatoms. The number of carbonyl (C=O) groups is 1. The normalized spacial score (nSPS) is 11.8. The highest BCUT2D eigenvalue weighted by Gasteiger charge is 2.19. The van der Waals surface area contributed by atoms with Crippen LogP contribution in [-0.2, 0) is 9.53 Å². The summed E-state index contributed by atoms with van der Waals surface area (Å²) < 4.78 is 15.1. The summed E-state index contributed by atoms with van der Waals surface area (Å²) in [6.07, 6.45) is -1.06. The molecule has 0 aliphatic carbocycles. The Bertz CT molecular complexity index is 709. The van der Waals surface area contributed by atoms with Crippen LogP contribution in [0.4, 0.5) is 0 Å². The molecule has 0 radical (unpaired) electrons. The van der Waals surface area contributed by atoms with E-state index in [1.54, 1.807) is 24.3 Å². The number of methoxy groups -OCH3 is 1. The summed E-state index contributed by atoms with van der Waals surface area (Å²) in [5.41, 5.74) is 0.865. The van der Waals surface area contributed by atoms with Gasteiger partial charge in [0, 0.05) is 12.7 Å². The zero-order valence-electron chi connectivity index (χ0n) is 13.2. The molecule has 2 rings (SSSR count). The number of carboxylic acid groups (broad SMARTS) is 1. The van der Waals surface area contributed by atoms with E-state index in [4.69, 9.17) is 42.5 Å². The first-order chi connectivity index (χ1) is 11.9. The second kappa shape index (κ2) is 8.92. The average molecular weight is 387 g/mol. The molecule has 0 saturated heterocycles. The van der Waals surface area contributed by atoms with Crippen LogP contribution in [0, 0.1) is 0 Å². The van der Waals surface area contributed by atoms with Crippen molar-refractivity contribution in [2.45, 2.75) is 6.10 Å². The number of benzene rings is 2. The predicted octanol–water partition coefficient (Wildman–Crippen LogP) is 3.52. The first-order valence-corrected chi connectivity index (χ1v) is 7.91. The molecule has 25 heavy (non-hydrogen) atoms. The lowest BCUT2D eigenvalue weighted by Gasteiger charge is -2.17. The molecule has 2 N–H and O–H groups in total. The Labute approximate surface area is 154 Å². The SMILES string of the molecule is COCOc1ccc(C(O)c2c(Cl)cc(OCC(=O)O)cc2Cl)cc1. The van der Waals surface area contributed by atoms with Crippen LogP contribution in [0.25, 0.3) is 0 Å². The minimum atomic E-state index is -1.12. The Kier molecular flexibility index (Phi) is 6.90. The standard InChI is InChI=1S/C17H16Cl2O6/c1-23-9-25-11-4-2-10(3-5-11)17(22)16-13(18)6-12(7-14(16)19)24-8-15(20)21/h2-7,17,22H,8-9H2,1H3,(H,20,21). The van der Waals surface area contributed by atoms with Gasteiger partial charge in [-0.25, -0.2) is 4.79 Å². The van der Waals surface area contributed by atoms with E-state index < -0.39 is 18.7 Å². The molecule has 0 spiro atoms. The quantitative estimate of drug-likeness (QED) is 0.675. The van der Waals surface area contributed by atoms with E-state index in [1.807, 2.05) is 0 Å². The highest BCUT2D eigenvalue weighted by atomic mass is 35.5. The molecule has 0 amide bonds. The van der Waals surface area contributed by atoms with E-state index in [1.165, 1.54) is 19.2 Å². The van der Waals surface area contributed by atoms with Gasteiger partial charge in [-0.15, -0.1) is 0 Å². The molecule has 1 atom stereocenters. The minimum Gasteiger partial charge on any atom is -0.482 e. The zero-order valence-corrected chi connectivity index (χ0v) is 14.8. The van der Waals surface area contributed by atoms with Gasteiger partial charge in [-0.1, -0.05) is 35.3 Å². The van der Waals surface area contributed by atoms with Crippen LogP contribution < -0.4 is 9.47 Å². The molecule has 0 saturated carbocycles. The Morgan fingerprint density at radius 2 is 1.68 bits per heavy atom. The molecule has 2 aromatic carbocycles. The summed E-state index contributed by atoms with van der Waals surface area (Å²) in [6, 6.07) is 9.54. The summed E-state index contributed by atoms with van der Waals surface area (Å²) in [7, 11) is 1.52. The van der Waals surface area contributed by atoms with E-state index in [0.717, 1.165) is 0 Å². The van der Waals surface area contributed by atoms with Crippen molar-refractivity contribution in [2.24, 2.45) is 0 Å². The highest BCUT2D eigenvalue weighted by Crippen LogP contribution is 2.37. The number of ether oxygens (including phenoxy) is 3. The van der Waals surface area contributed by atoms with Gasteiger partial charge in [-0.2, -0.15) is 0 Å². The number of halogens is 2. The van der Waals surface area contributed by atoms with Crippen molar-refractivity contribution in [1.29, 1.82) is 0 Å². The Morgan fingerprint density at radius 3 is 2.20 bits per heavy atom. The van der Waals surface area contributed by atoms with Crippen LogP contribution >= 0.6 is 23.2 Å². The fourth-order valence-corrected chi connectivity index (χ4v) is 2.76. The molecule has 0 bridgehead atoms. The van der Waals surface area contributed by atoms with Gasteiger partial charge in [0.1, 0.15) is 17.6 Å². The number of carboxylic acids is 1. The molecule has 0 fully saturated rings. The smallest absolute Gasteiger partial charge is 0.341 e. The Morgan fingerprint density at radius 1 is 1.08 bits per heavy atom. The van der Waals surface area contributed by atoms with Gasteiger partial charge in [-0.3, -0.25) is 0 Å². The van der Waals surface area contributed by atoms with Crippen molar-refractivity contribution in [3.63, 3.8) is 0 Å². The maximum Gasteiger partial charge on any atom is 0.341 e. The van der Waals surface area contributed by atoms with Gasteiger partial charge in [0.25, 0.3) is 0 Å². The molecular weight excluding hydrogens is 371 g/mol. The van der Waals surface area contributed by atoms with Crippen molar-refractivity contribution < 1.29 is 29.2 Å². The maximum atomic E-state index is 10.6. The number of aliphatic hydroxyl groups excluding tert-OH is 1. The van der Waals surface area contributed by atoms with Crippen LogP contribution in [0.2, 0.25) is 10.0 Å². The van der Waals surface area contributed by atoms with E-state index in [0.29, 0.717) is 16.9 Å². The molecule has 6 nitrogen and oxygen atoms in total. The minimum absolute atomic E-state index is 0.122. The van der Waals surface area contributed by atoms with Gasteiger partial charge in [0.15, 0.2) is 13.4 Å². The van der Waals surface area contributed by atoms with E-state index in [9.17, 15) is 9.90 Å². The molecule has 0 heterocycles. The molecule has 134 valence electrons. The second-order valence-corrected chi connectivity index (χ2v) is 5.82. The number of aliphatic hydroxyl groups is 1. The van der Waals surface area contributed by atoms with Crippen LogP contribution in [-0.4, -0.2) is 36.7 Å². The number of rotatable bonds is 8. The van der Waals surface area contributed by atoms with Crippen molar-refractivity contribution in [3.05, 3.63) is 57.6 Å². The van der Waals surface area contributed by atoms with Crippen molar-refractivity contribution in [1.82, 2.24) is 0 Å². The summed E-state index contributed by atoms with van der Waals surface area (Å²) in [4.78, 5) is 10.5. The molecule has 0 aromatic heterocycles. The van der Waals surface area contributed by atoms with Gasteiger partial charge < -0.3 is 24.4 Å². The summed E-state index contributed by atoms with van der Waals surface area (Å²) in [5.74, 6) is -0.323. The number of hydrogen-bond acceptors (Lipinski definition) is 5. The third-order valence-electron chi connectivity index (χ3n) is 3.23. The average Bonchev–Trinajstić information content (AvgIpc) is 2.58. The zero-order chi connectivity index (χ0) is 18.4. The molecule has 0 aliphatic heterocycles. The predicted molar refractivity (Wildman–Crippen MR) is 92.6 cm³/mol. The van der Waals surface area contributed by atoms with Crippen molar-refractivity contribution in [3.8, 4) is 11.5 Å². The largest absolute Gasteiger partial charge is 0.482 e. The fourth-order valence-electron chi connectivity index (χ4n) is 2.09. The maximum absolute atomic E-state index is 10.6. The molecular formula is C17H16Cl2O6. The van der Waals surface area contributed by atoms with E-state index in [-0.39, 0.29) is 22.6 Å². The lowest BCUT2D eigenvalue weighted by molar-refractivity contribution is -0.139. The molecule has 0 aliphatic rings. The third kappa shape index (κ3) is 5.24. The topological polar surface area (TPSA) is 85.2 Å². The Hall–Kier alpha value is -1.99. The van der Waals surface area contributed by atoms with Crippen LogP contribution in [0.3, 0.4) is 0 Å². The number of hydrogen-bond donors (Lipinski definition) is 2. The monoisotopic (exact) mass is 386 g/mol. The second-order valence-electron chi connectivity index (χ2n) is 5.01. The summed E-state index contributed by atoms with van der Waals surface area (Å²) in [5, 5.41) is 19.5. The lowest BCUT2D eigenvalue weighted by atomic mass is 10.0. The lowest BCUT2D eigenvalue weighted by Crippen LogP contribution is -2.10. The van der Waals surface area contributed by atoms with Gasteiger partial charge in [0.2, 0.25) is 0 Å². The summed E-state index contributed by atoms with van der Waals surface area (Å²) >= 11 is 12.4. The van der Waals surface area contributed by atoms with Crippen molar-refractivity contribution >= 4 is 29.2 Å². The molecule has 2 aromatic rings. The first kappa shape index (κ1) is 19.3. The summed E-state index contributed by atoms with van der Waals surface area (Å²) in [6.45, 7) is -0.394. The Balaban J connectivity index is 2.20. The van der Waals surface area contributed by atoms with Crippen molar-refractivity contribution in [2.75, 3.05) is 20.5 Å².